The highest BCUT2D eigenvalue weighted by Crippen LogP contribution is 2.26. The Bertz CT molecular complexity index is 919. The summed E-state index contributed by atoms with van der Waals surface area (Å²) in [5.74, 6) is 0.339. The molecule has 1 N–H and O–H groups in total. The van der Waals surface area contributed by atoms with Gasteiger partial charge in [0.15, 0.2) is 6.10 Å². The zero-order valence-electron chi connectivity index (χ0n) is 13.6. The zero-order chi connectivity index (χ0) is 17.6. The lowest BCUT2D eigenvalue weighted by Crippen LogP contribution is -2.33. The van der Waals surface area contributed by atoms with Crippen molar-refractivity contribution in [3.8, 4) is 5.75 Å². The second kappa shape index (κ2) is 7.81. The summed E-state index contributed by atoms with van der Waals surface area (Å²) >= 11 is 5.91. The van der Waals surface area contributed by atoms with Crippen molar-refractivity contribution in [2.45, 2.75) is 13.0 Å². The number of hydrazone groups is 1. The first-order valence-electron chi connectivity index (χ1n) is 7.86. The number of carbonyl (C=O) groups excluding carboxylic acids is 1. The molecule has 0 saturated heterocycles. The van der Waals surface area contributed by atoms with E-state index >= 15 is 0 Å². The largest absolute Gasteiger partial charge is 0.480 e. The molecule has 0 aliphatic carbocycles. The van der Waals surface area contributed by atoms with Gasteiger partial charge in [-0.25, -0.2) is 5.43 Å². The fourth-order valence-corrected chi connectivity index (χ4v) is 2.59. The number of fused-ring (bicyclic) bond motifs is 1. The molecule has 0 fully saturated rings. The molecule has 126 valence electrons. The highest BCUT2D eigenvalue weighted by atomic mass is 35.5. The molecule has 0 saturated carbocycles. The second-order valence-corrected chi connectivity index (χ2v) is 5.96. The third-order valence-corrected chi connectivity index (χ3v) is 3.89. The lowest BCUT2D eigenvalue weighted by atomic mass is 10.1. The normalized spacial score (nSPS) is 12.2. The van der Waals surface area contributed by atoms with Crippen LogP contribution in [0.25, 0.3) is 10.8 Å². The minimum Gasteiger partial charge on any atom is -0.480 e. The Morgan fingerprint density at radius 1 is 1.12 bits per heavy atom. The second-order valence-electron chi connectivity index (χ2n) is 5.53. The van der Waals surface area contributed by atoms with Gasteiger partial charge in [-0.3, -0.25) is 4.79 Å². The first-order valence-corrected chi connectivity index (χ1v) is 8.24. The standard InChI is InChI=1S/C20H17ClN2O2/c1-14(20(24)23-22-13-15-6-4-9-17(21)12-15)25-19-11-5-8-16-7-2-3-10-18(16)19/h2-14H,1H3,(H,23,24)/t14-/m1/s1. The maximum absolute atomic E-state index is 12.2. The van der Waals surface area contributed by atoms with E-state index in [0.717, 1.165) is 16.3 Å². The topological polar surface area (TPSA) is 50.7 Å². The summed E-state index contributed by atoms with van der Waals surface area (Å²) in [4.78, 5) is 12.2. The van der Waals surface area contributed by atoms with Gasteiger partial charge in [0.1, 0.15) is 5.75 Å². The maximum atomic E-state index is 12.2. The van der Waals surface area contributed by atoms with Crippen LogP contribution in [0.5, 0.6) is 5.75 Å². The van der Waals surface area contributed by atoms with Gasteiger partial charge in [-0.2, -0.15) is 5.10 Å². The molecule has 0 spiro atoms. The maximum Gasteiger partial charge on any atom is 0.280 e. The monoisotopic (exact) mass is 352 g/mol. The van der Waals surface area contributed by atoms with Crippen molar-refractivity contribution >= 4 is 34.5 Å². The minimum absolute atomic E-state index is 0.328. The van der Waals surface area contributed by atoms with E-state index < -0.39 is 6.10 Å². The Morgan fingerprint density at radius 3 is 2.72 bits per heavy atom. The fraction of sp³-hybridized carbons (Fsp3) is 0.100. The number of rotatable bonds is 5. The molecule has 5 heteroatoms. The molecule has 4 nitrogen and oxygen atoms in total. The molecule has 3 rings (SSSR count). The first kappa shape index (κ1) is 17.0. The van der Waals surface area contributed by atoms with Gasteiger partial charge < -0.3 is 4.74 Å². The van der Waals surface area contributed by atoms with Crippen molar-refractivity contribution in [2.75, 3.05) is 0 Å². The molecule has 0 aromatic heterocycles. The molecule has 3 aromatic rings. The van der Waals surface area contributed by atoms with E-state index in [1.54, 1.807) is 19.1 Å². The van der Waals surface area contributed by atoms with E-state index in [1.807, 2.05) is 54.6 Å². The van der Waals surface area contributed by atoms with Crippen LogP contribution in [-0.4, -0.2) is 18.2 Å². The van der Waals surface area contributed by atoms with Gasteiger partial charge in [0.25, 0.3) is 5.91 Å². The molecule has 0 heterocycles. The smallest absolute Gasteiger partial charge is 0.280 e. The lowest BCUT2D eigenvalue weighted by Gasteiger charge is -2.14. The number of halogens is 1. The molecule has 1 amide bonds. The SMILES string of the molecule is C[C@@H](Oc1cccc2ccccc12)C(=O)NN=Cc1cccc(Cl)c1. The Morgan fingerprint density at radius 2 is 1.88 bits per heavy atom. The van der Waals surface area contributed by atoms with E-state index in [1.165, 1.54) is 6.21 Å². The number of nitrogens with one attached hydrogen (secondary N) is 1. The number of ether oxygens (including phenoxy) is 1. The Kier molecular flexibility index (Phi) is 5.31. The number of hydrogen-bond donors (Lipinski definition) is 1. The van der Waals surface area contributed by atoms with Crippen molar-refractivity contribution in [3.05, 3.63) is 77.3 Å². The predicted molar refractivity (Wildman–Crippen MR) is 101 cm³/mol. The molecule has 0 bridgehead atoms. The zero-order valence-corrected chi connectivity index (χ0v) is 14.4. The fourth-order valence-electron chi connectivity index (χ4n) is 2.39. The van der Waals surface area contributed by atoms with E-state index in [9.17, 15) is 4.79 Å². The lowest BCUT2D eigenvalue weighted by molar-refractivity contribution is -0.127. The van der Waals surface area contributed by atoms with Crippen LogP contribution in [0.15, 0.2) is 71.8 Å². The van der Waals surface area contributed by atoms with Crippen molar-refractivity contribution in [2.24, 2.45) is 5.10 Å². The number of carbonyl (C=O) groups is 1. The third kappa shape index (κ3) is 4.37. The van der Waals surface area contributed by atoms with Crippen LogP contribution >= 0.6 is 11.6 Å². The summed E-state index contributed by atoms with van der Waals surface area (Å²) in [5.41, 5.74) is 3.28. The summed E-state index contributed by atoms with van der Waals surface area (Å²) in [6.07, 6.45) is 0.858. The van der Waals surface area contributed by atoms with Gasteiger partial charge in [0.05, 0.1) is 6.21 Å². The van der Waals surface area contributed by atoms with Crippen molar-refractivity contribution in [1.29, 1.82) is 0 Å². The van der Waals surface area contributed by atoms with E-state index in [0.29, 0.717) is 10.8 Å². The number of hydrogen-bond acceptors (Lipinski definition) is 3. The molecule has 1 atom stereocenters. The summed E-state index contributed by atoms with van der Waals surface area (Å²) in [6.45, 7) is 1.69. The third-order valence-electron chi connectivity index (χ3n) is 3.66. The van der Waals surface area contributed by atoms with Gasteiger partial charge in [0.2, 0.25) is 0 Å². The van der Waals surface area contributed by atoms with Crippen molar-refractivity contribution in [3.63, 3.8) is 0 Å². The molecule has 0 radical (unpaired) electrons. The molecule has 0 aliphatic heterocycles. The van der Waals surface area contributed by atoms with Crippen LogP contribution in [0.2, 0.25) is 5.02 Å². The number of nitrogens with zero attached hydrogens (tertiary/aromatic N) is 1. The first-order chi connectivity index (χ1) is 12.1. The van der Waals surface area contributed by atoms with Crippen LogP contribution in [0, 0.1) is 0 Å². The van der Waals surface area contributed by atoms with E-state index in [-0.39, 0.29) is 5.91 Å². The minimum atomic E-state index is -0.678. The molecular weight excluding hydrogens is 336 g/mol. The van der Waals surface area contributed by atoms with Crippen LogP contribution < -0.4 is 10.2 Å². The molecule has 25 heavy (non-hydrogen) atoms. The molecule has 0 aliphatic rings. The van der Waals surface area contributed by atoms with Crippen LogP contribution in [0.3, 0.4) is 0 Å². The van der Waals surface area contributed by atoms with Crippen LogP contribution in [-0.2, 0) is 4.79 Å². The molecule has 0 unspecified atom stereocenters. The van der Waals surface area contributed by atoms with Gasteiger partial charge in [0, 0.05) is 10.4 Å². The quantitative estimate of drug-likeness (QED) is 0.546. The van der Waals surface area contributed by atoms with Gasteiger partial charge >= 0.3 is 0 Å². The van der Waals surface area contributed by atoms with Crippen molar-refractivity contribution < 1.29 is 9.53 Å². The average Bonchev–Trinajstić information content (AvgIpc) is 2.62. The predicted octanol–water partition coefficient (Wildman–Crippen LogP) is 4.41. The van der Waals surface area contributed by atoms with E-state index in [4.69, 9.17) is 16.3 Å². The Hall–Kier alpha value is -2.85. The summed E-state index contributed by atoms with van der Waals surface area (Å²) in [7, 11) is 0. The summed E-state index contributed by atoms with van der Waals surface area (Å²) < 4.78 is 5.80. The Balaban J connectivity index is 1.64. The van der Waals surface area contributed by atoms with Crippen LogP contribution in [0.1, 0.15) is 12.5 Å². The summed E-state index contributed by atoms with van der Waals surface area (Å²) in [6, 6.07) is 20.8. The van der Waals surface area contributed by atoms with E-state index in [2.05, 4.69) is 10.5 Å². The van der Waals surface area contributed by atoms with Gasteiger partial charge in [-0.1, -0.05) is 60.1 Å². The Labute approximate surface area is 151 Å². The average molecular weight is 353 g/mol. The highest BCUT2D eigenvalue weighted by molar-refractivity contribution is 6.30. The summed E-state index contributed by atoms with van der Waals surface area (Å²) in [5, 5.41) is 6.58. The van der Waals surface area contributed by atoms with Gasteiger partial charge in [-0.05, 0) is 36.1 Å². The number of benzene rings is 3. The highest BCUT2D eigenvalue weighted by Gasteiger charge is 2.15. The van der Waals surface area contributed by atoms with Crippen molar-refractivity contribution in [1.82, 2.24) is 5.43 Å². The number of amides is 1. The molecule has 3 aromatic carbocycles. The van der Waals surface area contributed by atoms with Crippen LogP contribution in [0.4, 0.5) is 0 Å². The molecular formula is C20H17ClN2O2. The van der Waals surface area contributed by atoms with Gasteiger partial charge in [-0.15, -0.1) is 0 Å².